The van der Waals surface area contributed by atoms with E-state index in [2.05, 4.69) is 25.4 Å². The lowest BCUT2D eigenvalue weighted by atomic mass is 9.97. The van der Waals surface area contributed by atoms with Crippen molar-refractivity contribution in [2.75, 3.05) is 19.0 Å². The van der Waals surface area contributed by atoms with Crippen LogP contribution < -0.4 is 14.9 Å². The van der Waals surface area contributed by atoms with Crippen LogP contribution in [0, 0.1) is 19.3 Å². The molecule has 41 heavy (non-hydrogen) atoms. The minimum absolute atomic E-state index is 0.259. The van der Waals surface area contributed by atoms with Crippen LogP contribution in [-0.4, -0.2) is 74.3 Å². The monoisotopic (exact) mass is 606 g/mol. The highest BCUT2D eigenvalue weighted by Gasteiger charge is 2.58. The summed E-state index contributed by atoms with van der Waals surface area (Å²) in [7, 11) is 1.67. The van der Waals surface area contributed by atoms with Gasteiger partial charge in [-0.1, -0.05) is 24.1 Å². The Morgan fingerprint density at radius 1 is 1.34 bits per heavy atom. The van der Waals surface area contributed by atoms with Crippen LogP contribution in [0.5, 0.6) is 5.75 Å². The minimum atomic E-state index is -3.49. The molecule has 0 unspecified atom stereocenters. The van der Waals surface area contributed by atoms with E-state index in [-0.39, 0.29) is 11.8 Å². The summed E-state index contributed by atoms with van der Waals surface area (Å²) in [4.78, 5) is 25.4. The van der Waals surface area contributed by atoms with Crippen LogP contribution in [0.15, 0.2) is 36.7 Å². The van der Waals surface area contributed by atoms with Crippen molar-refractivity contribution in [3.05, 3.63) is 42.5 Å². The van der Waals surface area contributed by atoms with Crippen LogP contribution in [0.3, 0.4) is 0 Å². The second-order valence-corrected chi connectivity index (χ2v) is 12.7. The maximum absolute atomic E-state index is 16.2. The number of anilines is 1. The van der Waals surface area contributed by atoms with E-state index in [0.29, 0.717) is 22.9 Å². The molecule has 0 amide bonds. The third-order valence-corrected chi connectivity index (χ3v) is 8.62. The number of aliphatic hydroxyl groups excluding tert-OH is 1. The molecule has 3 aromatic rings. The van der Waals surface area contributed by atoms with E-state index in [4.69, 9.17) is 36.8 Å². The van der Waals surface area contributed by atoms with Crippen molar-refractivity contribution in [2.45, 2.75) is 63.9 Å². The summed E-state index contributed by atoms with van der Waals surface area (Å²) in [5.74, 6) is 2.69. The fourth-order valence-electron chi connectivity index (χ4n) is 4.19. The molecule has 220 valence electrons. The molecule has 0 radical (unpaired) electrons. The number of para-hydroxylation sites is 1. The number of hydrogen-bond donors (Lipinski definition) is 3. The van der Waals surface area contributed by atoms with Gasteiger partial charge in [0.2, 0.25) is 5.67 Å². The molecule has 0 aliphatic carbocycles. The molecule has 3 heterocycles. The molecule has 1 fully saturated rings. The Balaban J connectivity index is 1.60. The van der Waals surface area contributed by atoms with Gasteiger partial charge in [-0.15, -0.1) is 6.42 Å². The third-order valence-electron chi connectivity index (χ3n) is 6.12. The summed E-state index contributed by atoms with van der Waals surface area (Å²) in [6, 6.07) is 7.70. The number of fused-ring (bicyclic) bond motifs is 1. The number of carbonyl (C=O) groups is 1. The molecule has 1 saturated heterocycles. The van der Waals surface area contributed by atoms with Crippen molar-refractivity contribution in [2.24, 2.45) is 0 Å². The number of alkyl halides is 1. The van der Waals surface area contributed by atoms with Gasteiger partial charge in [-0.25, -0.2) is 24.4 Å². The predicted octanol–water partition coefficient (Wildman–Crippen LogP) is 3.03. The van der Waals surface area contributed by atoms with E-state index < -0.39 is 49.4 Å². The topological polar surface area (TPSA) is 142 Å². The molecule has 1 aromatic carbocycles. The average Bonchev–Trinajstić information content (AvgIpc) is 3.45. The Morgan fingerprint density at radius 3 is 2.68 bits per heavy atom. The molecule has 0 bridgehead atoms. The molecule has 1 aliphatic heterocycles. The number of terminal acetylenes is 1. The van der Waals surface area contributed by atoms with E-state index in [9.17, 15) is 9.90 Å². The standard InChI is InChI=1S/C26H32FN6O6PS/c1-7-26(27)21(34)19(38-25(26)33-14-29-20-22(28-6)30-17(5)31-23(20)33)13-36-40(41,39-18-11-9-8-10-12-18)32-16(4)24(35)37-15(2)3/h1,8-12,14-16,19,21,25,34H,13H2,2-6H3,(H,32,41)(H,28,30,31)/t16-,19+,21+,25+,26+,40-/m0/s1. The second-order valence-electron chi connectivity index (χ2n) is 9.61. The molecule has 2 aromatic heterocycles. The number of nitrogens with zero attached hydrogens (tertiary/aromatic N) is 4. The lowest BCUT2D eigenvalue weighted by Crippen LogP contribution is -2.42. The molecular formula is C26H32FN6O6PS. The normalized spacial score (nSPS) is 24.5. The SMILES string of the molecule is C#C[C@@]1(F)[C@H](O)[C@@H](CO[P@@](=S)(N[C@@H](C)C(=O)OC(C)C)Oc2ccccc2)O[C@H]1n1cnc2c(NC)nc(C)nc21. The average molecular weight is 607 g/mol. The third kappa shape index (κ3) is 6.51. The number of aryl methyl sites for hydroxylation is 1. The van der Waals surface area contributed by atoms with Gasteiger partial charge < -0.3 is 28.9 Å². The highest BCUT2D eigenvalue weighted by molar-refractivity contribution is 8.09. The van der Waals surface area contributed by atoms with Crippen molar-refractivity contribution >= 4 is 41.4 Å². The van der Waals surface area contributed by atoms with Gasteiger partial charge in [0.25, 0.3) is 0 Å². The Hall–Kier alpha value is -3.18. The number of nitrogens with one attached hydrogen (secondary N) is 2. The van der Waals surface area contributed by atoms with Gasteiger partial charge in [-0.2, -0.15) is 0 Å². The molecule has 3 N–H and O–H groups in total. The number of carbonyl (C=O) groups excluding carboxylic acids is 1. The summed E-state index contributed by atoms with van der Waals surface area (Å²) in [6.45, 7) is 2.76. The maximum Gasteiger partial charge on any atom is 0.323 e. The van der Waals surface area contributed by atoms with Gasteiger partial charge in [-0.05, 0) is 51.6 Å². The number of esters is 1. The van der Waals surface area contributed by atoms with Gasteiger partial charge >= 0.3 is 12.6 Å². The molecule has 1 aliphatic rings. The van der Waals surface area contributed by atoms with Gasteiger partial charge in [0.15, 0.2) is 23.2 Å². The molecule has 12 nitrogen and oxygen atoms in total. The van der Waals surface area contributed by atoms with Crippen molar-refractivity contribution in [1.82, 2.24) is 24.6 Å². The predicted molar refractivity (Wildman–Crippen MR) is 153 cm³/mol. The lowest BCUT2D eigenvalue weighted by molar-refractivity contribution is -0.149. The molecule has 4 rings (SSSR count). The van der Waals surface area contributed by atoms with E-state index in [1.165, 1.54) is 10.9 Å². The van der Waals surface area contributed by atoms with Crippen molar-refractivity contribution in [3.63, 3.8) is 0 Å². The number of rotatable bonds is 11. The molecule has 0 spiro atoms. The summed E-state index contributed by atoms with van der Waals surface area (Å²) in [5.41, 5.74) is -2.05. The summed E-state index contributed by atoms with van der Waals surface area (Å²) >= 11 is 5.70. The van der Waals surface area contributed by atoms with Crippen molar-refractivity contribution in [1.29, 1.82) is 0 Å². The Morgan fingerprint density at radius 2 is 2.05 bits per heavy atom. The first-order valence-corrected chi connectivity index (χ1v) is 15.4. The first kappa shape index (κ1) is 30.8. The Kier molecular flexibility index (Phi) is 9.28. The lowest BCUT2D eigenvalue weighted by Gasteiger charge is -2.28. The fraction of sp³-hybridized carbons (Fsp3) is 0.462. The van der Waals surface area contributed by atoms with Crippen LogP contribution in [-0.2, 0) is 30.6 Å². The van der Waals surface area contributed by atoms with E-state index in [0.717, 1.165) is 0 Å². The van der Waals surface area contributed by atoms with Crippen LogP contribution in [0.1, 0.15) is 32.8 Å². The number of benzene rings is 1. The number of aromatic nitrogens is 4. The maximum atomic E-state index is 16.2. The first-order chi connectivity index (χ1) is 19.4. The van der Waals surface area contributed by atoms with E-state index in [1.807, 2.05) is 5.92 Å². The largest absolute Gasteiger partial charge is 0.462 e. The van der Waals surface area contributed by atoms with Crippen molar-refractivity contribution in [3.8, 4) is 18.1 Å². The number of halogens is 1. The zero-order chi connectivity index (χ0) is 29.9. The fourth-order valence-corrected chi connectivity index (χ4v) is 6.61. The number of aliphatic hydroxyl groups is 1. The van der Waals surface area contributed by atoms with Gasteiger partial charge in [0, 0.05) is 7.05 Å². The van der Waals surface area contributed by atoms with Gasteiger partial charge in [-0.3, -0.25) is 9.36 Å². The quantitative estimate of drug-likeness (QED) is 0.168. The van der Waals surface area contributed by atoms with Crippen LogP contribution in [0.2, 0.25) is 0 Å². The molecular weight excluding hydrogens is 574 g/mol. The van der Waals surface area contributed by atoms with E-state index in [1.54, 1.807) is 65.1 Å². The zero-order valence-corrected chi connectivity index (χ0v) is 24.9. The Labute approximate surface area is 242 Å². The minimum Gasteiger partial charge on any atom is -0.462 e. The van der Waals surface area contributed by atoms with Gasteiger partial charge in [0.1, 0.15) is 29.8 Å². The highest BCUT2D eigenvalue weighted by atomic mass is 32.5. The first-order valence-electron chi connectivity index (χ1n) is 12.8. The summed E-state index contributed by atoms with van der Waals surface area (Å²) in [5, 5.41) is 16.8. The zero-order valence-electron chi connectivity index (χ0n) is 23.1. The molecule has 15 heteroatoms. The number of hydrogen-bond acceptors (Lipinski definition) is 11. The number of ether oxygens (including phenoxy) is 2. The van der Waals surface area contributed by atoms with Crippen LogP contribution in [0.25, 0.3) is 11.2 Å². The summed E-state index contributed by atoms with van der Waals surface area (Å²) in [6.07, 6.45) is 1.97. The van der Waals surface area contributed by atoms with E-state index >= 15 is 4.39 Å². The number of imidazole rings is 1. The Bertz CT molecular complexity index is 1490. The molecule has 0 saturated carbocycles. The summed E-state index contributed by atoms with van der Waals surface area (Å²) < 4.78 is 40.7. The van der Waals surface area contributed by atoms with Crippen molar-refractivity contribution < 1.29 is 32.8 Å². The van der Waals surface area contributed by atoms with Crippen LogP contribution >= 0.6 is 6.64 Å². The smallest absolute Gasteiger partial charge is 0.323 e. The highest BCUT2D eigenvalue weighted by Crippen LogP contribution is 2.48. The molecule has 6 atom stereocenters. The van der Waals surface area contributed by atoms with Gasteiger partial charge in [0.05, 0.1) is 19.0 Å². The second kappa shape index (κ2) is 12.4. The van der Waals surface area contributed by atoms with Crippen LogP contribution in [0.4, 0.5) is 10.2 Å².